The third-order valence-corrected chi connectivity index (χ3v) is 4.18. The highest BCUT2D eigenvalue weighted by Crippen LogP contribution is 2.30. The van der Waals surface area contributed by atoms with Gasteiger partial charge in [-0.2, -0.15) is 0 Å². The molecular formula is C12H21NO2. The minimum Gasteiger partial charge on any atom is -0.396 e. The van der Waals surface area contributed by atoms with Crippen molar-refractivity contribution in [3.05, 3.63) is 0 Å². The molecule has 1 aliphatic heterocycles. The molecule has 1 saturated heterocycles. The number of Topliss-reactive ketones (excluding diaryl/α,β-unsaturated/α-hetero) is 1. The van der Waals surface area contributed by atoms with Crippen LogP contribution in [0, 0.1) is 5.92 Å². The summed E-state index contributed by atoms with van der Waals surface area (Å²) in [4.78, 5) is 13.7. The minimum absolute atomic E-state index is 0.309. The smallest absolute Gasteiger partial charge is 0.133 e. The quantitative estimate of drug-likeness (QED) is 0.746. The van der Waals surface area contributed by atoms with Crippen molar-refractivity contribution >= 4 is 5.78 Å². The Morgan fingerprint density at radius 1 is 1.33 bits per heavy atom. The normalized spacial score (nSPS) is 34.9. The third kappa shape index (κ3) is 2.23. The van der Waals surface area contributed by atoms with E-state index in [0.717, 1.165) is 38.6 Å². The summed E-state index contributed by atoms with van der Waals surface area (Å²) in [6.45, 7) is 3.62. The van der Waals surface area contributed by atoms with Crippen molar-refractivity contribution in [3.63, 3.8) is 0 Å². The van der Waals surface area contributed by atoms with Crippen molar-refractivity contribution in [1.82, 2.24) is 4.90 Å². The standard InChI is InChI=1S/C12H21NO2/c1-9-10(8-14)6-7-13(9)11-2-4-12(15)5-3-11/h9-11,14H,2-8H2,1H3. The lowest BCUT2D eigenvalue weighted by Gasteiger charge is -2.34. The van der Waals surface area contributed by atoms with Crippen LogP contribution in [0.15, 0.2) is 0 Å². The summed E-state index contributed by atoms with van der Waals surface area (Å²) < 4.78 is 0. The van der Waals surface area contributed by atoms with Crippen LogP contribution in [0.1, 0.15) is 39.0 Å². The van der Waals surface area contributed by atoms with Crippen LogP contribution in [0.5, 0.6) is 0 Å². The zero-order chi connectivity index (χ0) is 10.8. The number of likely N-dealkylation sites (tertiary alicyclic amines) is 1. The van der Waals surface area contributed by atoms with Gasteiger partial charge >= 0.3 is 0 Å². The highest BCUT2D eigenvalue weighted by molar-refractivity contribution is 5.79. The second kappa shape index (κ2) is 4.62. The zero-order valence-corrected chi connectivity index (χ0v) is 9.48. The van der Waals surface area contributed by atoms with Crippen LogP contribution in [0.3, 0.4) is 0 Å². The molecule has 2 aliphatic rings. The van der Waals surface area contributed by atoms with Gasteiger partial charge in [0.25, 0.3) is 0 Å². The topological polar surface area (TPSA) is 40.5 Å². The van der Waals surface area contributed by atoms with Crippen LogP contribution in [-0.4, -0.2) is 41.0 Å². The molecule has 0 aromatic heterocycles. The van der Waals surface area contributed by atoms with E-state index in [9.17, 15) is 9.90 Å². The summed E-state index contributed by atoms with van der Waals surface area (Å²) in [6.07, 6.45) is 4.69. The number of ketones is 1. The van der Waals surface area contributed by atoms with Crippen molar-refractivity contribution in [1.29, 1.82) is 0 Å². The fourth-order valence-electron chi connectivity index (χ4n) is 3.05. The Hall–Kier alpha value is -0.410. The summed E-state index contributed by atoms with van der Waals surface area (Å²) in [5.41, 5.74) is 0. The van der Waals surface area contributed by atoms with Crippen molar-refractivity contribution in [2.45, 2.75) is 51.1 Å². The van der Waals surface area contributed by atoms with Crippen molar-refractivity contribution in [2.24, 2.45) is 5.92 Å². The fourth-order valence-corrected chi connectivity index (χ4v) is 3.05. The third-order valence-electron chi connectivity index (χ3n) is 4.18. The van der Waals surface area contributed by atoms with Gasteiger partial charge < -0.3 is 5.11 Å². The molecule has 15 heavy (non-hydrogen) atoms. The average molecular weight is 211 g/mol. The Kier molecular flexibility index (Phi) is 3.42. The molecule has 2 fully saturated rings. The van der Waals surface area contributed by atoms with Gasteiger partial charge in [-0.25, -0.2) is 0 Å². The van der Waals surface area contributed by atoms with Crippen molar-refractivity contribution in [3.8, 4) is 0 Å². The Morgan fingerprint density at radius 3 is 2.53 bits per heavy atom. The van der Waals surface area contributed by atoms with Gasteiger partial charge in [-0.15, -0.1) is 0 Å². The summed E-state index contributed by atoms with van der Waals surface area (Å²) in [6, 6.07) is 1.09. The molecule has 0 spiro atoms. The second-order valence-corrected chi connectivity index (χ2v) is 4.98. The summed E-state index contributed by atoms with van der Waals surface area (Å²) in [5, 5.41) is 9.21. The first-order valence-electron chi connectivity index (χ1n) is 6.10. The van der Waals surface area contributed by atoms with Crippen molar-refractivity contribution in [2.75, 3.05) is 13.2 Å². The van der Waals surface area contributed by atoms with Gasteiger partial charge in [-0.05, 0) is 38.6 Å². The van der Waals surface area contributed by atoms with Gasteiger partial charge in [0, 0.05) is 31.5 Å². The molecule has 3 heteroatoms. The van der Waals surface area contributed by atoms with E-state index in [0.29, 0.717) is 30.4 Å². The largest absolute Gasteiger partial charge is 0.396 e. The van der Waals surface area contributed by atoms with E-state index < -0.39 is 0 Å². The molecule has 2 atom stereocenters. The lowest BCUT2D eigenvalue weighted by molar-refractivity contribution is -0.121. The molecular weight excluding hydrogens is 190 g/mol. The summed E-state index contributed by atoms with van der Waals surface area (Å²) in [5.74, 6) is 0.874. The zero-order valence-electron chi connectivity index (χ0n) is 9.48. The highest BCUT2D eigenvalue weighted by Gasteiger charge is 2.35. The molecule has 3 nitrogen and oxygen atoms in total. The molecule has 0 radical (unpaired) electrons. The predicted molar refractivity (Wildman–Crippen MR) is 58.6 cm³/mol. The number of aliphatic hydroxyl groups is 1. The molecule has 86 valence electrons. The fraction of sp³-hybridized carbons (Fsp3) is 0.917. The van der Waals surface area contributed by atoms with Crippen LogP contribution in [-0.2, 0) is 4.79 Å². The van der Waals surface area contributed by atoms with E-state index in [4.69, 9.17) is 0 Å². The number of hydrogen-bond donors (Lipinski definition) is 1. The average Bonchev–Trinajstić information content (AvgIpc) is 2.61. The van der Waals surface area contributed by atoms with E-state index in [2.05, 4.69) is 11.8 Å². The van der Waals surface area contributed by atoms with Crippen LogP contribution in [0.4, 0.5) is 0 Å². The molecule has 2 rings (SSSR count). The predicted octanol–water partition coefficient (Wildman–Crippen LogP) is 1.20. The first kappa shape index (κ1) is 11.1. The summed E-state index contributed by atoms with van der Waals surface area (Å²) >= 11 is 0. The molecule has 1 saturated carbocycles. The number of carbonyl (C=O) groups is 1. The van der Waals surface area contributed by atoms with E-state index in [1.54, 1.807) is 0 Å². The maximum atomic E-state index is 11.2. The van der Waals surface area contributed by atoms with E-state index >= 15 is 0 Å². The SMILES string of the molecule is CC1C(CO)CCN1C1CCC(=O)CC1. The maximum absolute atomic E-state index is 11.2. The highest BCUT2D eigenvalue weighted by atomic mass is 16.3. The molecule has 0 aromatic rings. The molecule has 1 heterocycles. The van der Waals surface area contributed by atoms with Crippen LogP contribution in [0.2, 0.25) is 0 Å². The molecule has 1 aliphatic carbocycles. The van der Waals surface area contributed by atoms with E-state index in [1.165, 1.54) is 0 Å². The second-order valence-electron chi connectivity index (χ2n) is 4.98. The van der Waals surface area contributed by atoms with Gasteiger partial charge in [-0.3, -0.25) is 9.69 Å². The number of carbonyl (C=O) groups excluding carboxylic acids is 1. The Balaban J connectivity index is 1.91. The van der Waals surface area contributed by atoms with Gasteiger partial charge in [-0.1, -0.05) is 0 Å². The molecule has 0 bridgehead atoms. The Labute approximate surface area is 91.5 Å². The number of hydrogen-bond acceptors (Lipinski definition) is 3. The van der Waals surface area contributed by atoms with Crippen molar-refractivity contribution < 1.29 is 9.90 Å². The Bertz CT molecular complexity index is 232. The lowest BCUT2D eigenvalue weighted by Crippen LogP contribution is -2.42. The van der Waals surface area contributed by atoms with Crippen LogP contribution in [0.25, 0.3) is 0 Å². The van der Waals surface area contributed by atoms with Crippen LogP contribution < -0.4 is 0 Å². The van der Waals surface area contributed by atoms with E-state index in [-0.39, 0.29) is 0 Å². The first-order valence-corrected chi connectivity index (χ1v) is 6.10. The number of aliphatic hydroxyl groups excluding tert-OH is 1. The summed E-state index contributed by atoms with van der Waals surface area (Å²) in [7, 11) is 0. The van der Waals surface area contributed by atoms with E-state index in [1.807, 2.05) is 0 Å². The molecule has 1 N–H and O–H groups in total. The maximum Gasteiger partial charge on any atom is 0.133 e. The molecule has 0 aromatic carbocycles. The first-order chi connectivity index (χ1) is 7.22. The lowest BCUT2D eigenvalue weighted by atomic mass is 9.92. The monoisotopic (exact) mass is 211 g/mol. The minimum atomic E-state index is 0.309. The van der Waals surface area contributed by atoms with Gasteiger partial charge in [0.1, 0.15) is 5.78 Å². The molecule has 0 amide bonds. The van der Waals surface area contributed by atoms with Crippen LogP contribution >= 0.6 is 0 Å². The number of rotatable bonds is 2. The Morgan fingerprint density at radius 2 is 2.00 bits per heavy atom. The molecule has 2 unspecified atom stereocenters. The van der Waals surface area contributed by atoms with Gasteiger partial charge in [0.15, 0.2) is 0 Å². The number of nitrogens with zero attached hydrogens (tertiary/aromatic N) is 1. The van der Waals surface area contributed by atoms with Gasteiger partial charge in [0.05, 0.1) is 0 Å². The van der Waals surface area contributed by atoms with Gasteiger partial charge in [0.2, 0.25) is 0 Å².